The second kappa shape index (κ2) is 5.62. The summed E-state index contributed by atoms with van der Waals surface area (Å²) < 4.78 is 40.7. The summed E-state index contributed by atoms with van der Waals surface area (Å²) in [6.07, 6.45) is -1.97. The third kappa shape index (κ3) is 3.57. The standard InChI is InChI=1S/C13H7BrF3NO2/c14-11-4-3-9(20-13(15,16)17)6-10(11)12(19)8-2-1-5-18-7-8/h1-7H. The van der Waals surface area contributed by atoms with E-state index in [0.29, 0.717) is 4.47 Å². The lowest BCUT2D eigenvalue weighted by Gasteiger charge is -2.11. The molecule has 0 radical (unpaired) electrons. The van der Waals surface area contributed by atoms with Crippen LogP contribution in [-0.2, 0) is 0 Å². The molecular weight excluding hydrogens is 339 g/mol. The highest BCUT2D eigenvalue weighted by Gasteiger charge is 2.31. The number of pyridine rings is 1. The summed E-state index contributed by atoms with van der Waals surface area (Å²) in [6, 6.07) is 6.57. The third-order valence-corrected chi connectivity index (χ3v) is 3.03. The number of benzene rings is 1. The molecular formula is C13H7BrF3NO2. The average molecular weight is 346 g/mol. The summed E-state index contributed by atoms with van der Waals surface area (Å²) in [6.45, 7) is 0. The maximum atomic E-state index is 12.2. The van der Waals surface area contributed by atoms with Gasteiger partial charge in [-0.1, -0.05) is 15.9 Å². The number of carbonyl (C=O) groups is 1. The van der Waals surface area contributed by atoms with E-state index in [-0.39, 0.29) is 11.1 Å². The van der Waals surface area contributed by atoms with Crippen LogP contribution in [0.4, 0.5) is 13.2 Å². The molecule has 0 aliphatic rings. The first kappa shape index (κ1) is 14.5. The first-order valence-corrected chi connectivity index (χ1v) is 6.16. The van der Waals surface area contributed by atoms with E-state index < -0.39 is 17.9 Å². The zero-order chi connectivity index (χ0) is 14.8. The van der Waals surface area contributed by atoms with Crippen LogP contribution in [0, 0.1) is 0 Å². The molecule has 1 aromatic carbocycles. The number of aromatic nitrogens is 1. The van der Waals surface area contributed by atoms with Crippen molar-refractivity contribution in [1.29, 1.82) is 0 Å². The minimum Gasteiger partial charge on any atom is -0.406 e. The van der Waals surface area contributed by atoms with E-state index in [2.05, 4.69) is 25.7 Å². The zero-order valence-electron chi connectivity index (χ0n) is 9.82. The van der Waals surface area contributed by atoms with Gasteiger partial charge in [0.05, 0.1) is 0 Å². The fraction of sp³-hybridized carbons (Fsp3) is 0.0769. The Bertz CT molecular complexity index is 629. The van der Waals surface area contributed by atoms with Gasteiger partial charge in [0.15, 0.2) is 5.78 Å². The molecule has 0 fully saturated rings. The van der Waals surface area contributed by atoms with Crippen molar-refractivity contribution in [1.82, 2.24) is 4.98 Å². The number of ether oxygens (including phenoxy) is 1. The van der Waals surface area contributed by atoms with Crippen LogP contribution in [-0.4, -0.2) is 17.1 Å². The summed E-state index contributed by atoms with van der Waals surface area (Å²) in [5, 5.41) is 0. The van der Waals surface area contributed by atoms with Gasteiger partial charge >= 0.3 is 6.36 Å². The van der Waals surface area contributed by atoms with E-state index in [1.165, 1.54) is 24.5 Å². The average Bonchev–Trinajstić information content (AvgIpc) is 2.40. The van der Waals surface area contributed by atoms with Gasteiger partial charge in [-0.05, 0) is 30.3 Å². The lowest BCUT2D eigenvalue weighted by atomic mass is 10.1. The second-order valence-electron chi connectivity index (χ2n) is 3.76. The van der Waals surface area contributed by atoms with Crippen LogP contribution < -0.4 is 4.74 Å². The van der Waals surface area contributed by atoms with Crippen molar-refractivity contribution in [2.24, 2.45) is 0 Å². The van der Waals surface area contributed by atoms with Crippen LogP contribution in [0.2, 0.25) is 0 Å². The van der Waals surface area contributed by atoms with Crippen molar-refractivity contribution < 1.29 is 22.7 Å². The largest absolute Gasteiger partial charge is 0.573 e. The van der Waals surface area contributed by atoms with Crippen LogP contribution in [0.1, 0.15) is 15.9 Å². The Morgan fingerprint density at radius 3 is 2.60 bits per heavy atom. The topological polar surface area (TPSA) is 39.2 Å². The van der Waals surface area contributed by atoms with Gasteiger partial charge in [-0.3, -0.25) is 9.78 Å². The van der Waals surface area contributed by atoms with Gasteiger partial charge in [0.1, 0.15) is 5.75 Å². The first-order valence-electron chi connectivity index (χ1n) is 5.37. The normalized spacial score (nSPS) is 11.2. The van der Waals surface area contributed by atoms with E-state index in [4.69, 9.17) is 0 Å². The lowest BCUT2D eigenvalue weighted by molar-refractivity contribution is -0.274. The molecule has 0 amide bonds. The van der Waals surface area contributed by atoms with Crippen molar-refractivity contribution in [3.8, 4) is 5.75 Å². The highest BCUT2D eigenvalue weighted by Crippen LogP contribution is 2.28. The molecule has 2 aromatic rings. The van der Waals surface area contributed by atoms with Crippen LogP contribution in [0.3, 0.4) is 0 Å². The minimum atomic E-state index is -4.80. The Kier molecular flexibility index (Phi) is 4.08. The Balaban J connectivity index is 2.36. The summed E-state index contributed by atoms with van der Waals surface area (Å²) >= 11 is 3.13. The first-order chi connectivity index (χ1) is 9.37. The van der Waals surface area contributed by atoms with Crippen LogP contribution in [0.25, 0.3) is 0 Å². The quantitative estimate of drug-likeness (QED) is 0.790. The van der Waals surface area contributed by atoms with E-state index in [0.717, 1.165) is 12.1 Å². The maximum absolute atomic E-state index is 12.2. The molecule has 0 unspecified atom stereocenters. The predicted octanol–water partition coefficient (Wildman–Crippen LogP) is 3.97. The number of rotatable bonds is 3. The van der Waals surface area contributed by atoms with Gasteiger partial charge in [-0.25, -0.2) is 0 Å². The van der Waals surface area contributed by atoms with Crippen LogP contribution >= 0.6 is 15.9 Å². The predicted molar refractivity (Wildman–Crippen MR) is 68.5 cm³/mol. The second-order valence-corrected chi connectivity index (χ2v) is 4.61. The molecule has 0 spiro atoms. The molecule has 0 atom stereocenters. The van der Waals surface area contributed by atoms with Gasteiger partial charge < -0.3 is 4.74 Å². The maximum Gasteiger partial charge on any atom is 0.573 e. The third-order valence-electron chi connectivity index (χ3n) is 2.34. The van der Waals surface area contributed by atoms with E-state index >= 15 is 0 Å². The molecule has 0 aliphatic carbocycles. The molecule has 0 saturated heterocycles. The Morgan fingerprint density at radius 1 is 1.25 bits per heavy atom. The number of nitrogens with zero attached hydrogens (tertiary/aromatic N) is 1. The van der Waals surface area contributed by atoms with Crippen molar-refractivity contribution >= 4 is 21.7 Å². The molecule has 0 saturated carbocycles. The van der Waals surface area contributed by atoms with Gasteiger partial charge in [0, 0.05) is 28.0 Å². The SMILES string of the molecule is O=C(c1cccnc1)c1cc(OC(F)(F)F)ccc1Br. The Labute approximate surface area is 120 Å². The fourth-order valence-corrected chi connectivity index (χ4v) is 1.95. The molecule has 0 N–H and O–H groups in total. The lowest BCUT2D eigenvalue weighted by Crippen LogP contribution is -2.17. The summed E-state index contributed by atoms with van der Waals surface area (Å²) in [5.41, 5.74) is 0.345. The Hall–Kier alpha value is -1.89. The van der Waals surface area contributed by atoms with Crippen molar-refractivity contribution in [2.75, 3.05) is 0 Å². The van der Waals surface area contributed by atoms with E-state index in [1.807, 2.05) is 0 Å². The molecule has 3 nitrogen and oxygen atoms in total. The molecule has 104 valence electrons. The molecule has 1 heterocycles. The number of halogens is 4. The molecule has 1 aromatic heterocycles. The fourth-order valence-electron chi connectivity index (χ4n) is 1.53. The molecule has 2 rings (SSSR count). The number of ketones is 1. The van der Waals surface area contributed by atoms with Gasteiger partial charge in [0.25, 0.3) is 0 Å². The summed E-state index contributed by atoms with van der Waals surface area (Å²) in [5.74, 6) is -0.898. The zero-order valence-corrected chi connectivity index (χ0v) is 11.4. The van der Waals surface area contributed by atoms with E-state index in [1.54, 1.807) is 6.07 Å². The van der Waals surface area contributed by atoms with Gasteiger partial charge in [-0.2, -0.15) is 0 Å². The Morgan fingerprint density at radius 2 is 2.00 bits per heavy atom. The molecule has 0 bridgehead atoms. The highest BCUT2D eigenvalue weighted by molar-refractivity contribution is 9.10. The minimum absolute atomic E-state index is 0.0692. The molecule has 0 aliphatic heterocycles. The van der Waals surface area contributed by atoms with Crippen molar-refractivity contribution in [3.63, 3.8) is 0 Å². The number of hydrogen-bond donors (Lipinski definition) is 0. The molecule has 7 heteroatoms. The number of alkyl halides is 3. The summed E-state index contributed by atoms with van der Waals surface area (Å²) in [4.78, 5) is 16.0. The number of carbonyl (C=O) groups excluding carboxylic acids is 1. The van der Waals surface area contributed by atoms with Crippen molar-refractivity contribution in [2.45, 2.75) is 6.36 Å². The van der Waals surface area contributed by atoms with Crippen molar-refractivity contribution in [3.05, 3.63) is 58.3 Å². The monoisotopic (exact) mass is 345 g/mol. The van der Waals surface area contributed by atoms with E-state index in [9.17, 15) is 18.0 Å². The van der Waals surface area contributed by atoms with Crippen LogP contribution in [0.5, 0.6) is 5.75 Å². The number of hydrogen-bond acceptors (Lipinski definition) is 3. The van der Waals surface area contributed by atoms with Crippen LogP contribution in [0.15, 0.2) is 47.2 Å². The molecule has 20 heavy (non-hydrogen) atoms. The van der Waals surface area contributed by atoms with Gasteiger partial charge in [0.2, 0.25) is 0 Å². The smallest absolute Gasteiger partial charge is 0.406 e. The van der Waals surface area contributed by atoms with Gasteiger partial charge in [-0.15, -0.1) is 13.2 Å². The summed E-state index contributed by atoms with van der Waals surface area (Å²) in [7, 11) is 0. The highest BCUT2D eigenvalue weighted by atomic mass is 79.9.